The molecule has 11 aromatic rings. The molecule has 0 atom stereocenters. The smallest absolute Gasteiger partial charge is 0.0541 e. The topological polar surface area (TPSA) is 8.17 Å². The first kappa shape index (κ1) is 32.0. The SMILES string of the molecule is c1ccc(N(c2ccc(-c3ccc4ccc5ccc6ccccc6c5c4c3)cc2)c2ccc(-c3ccccc3-n3c4ccccc4c4ccccc43)cc2)cc1. The third kappa shape index (κ3) is 5.26. The number of fused-ring (bicyclic) bond motifs is 8. The lowest BCUT2D eigenvalue weighted by atomic mass is 9.94. The molecular weight excluding hydrogens is 677 g/mol. The summed E-state index contributed by atoms with van der Waals surface area (Å²) in [6, 6.07) is 79.4. The zero-order valence-electron chi connectivity index (χ0n) is 30.7. The zero-order valence-corrected chi connectivity index (χ0v) is 30.7. The van der Waals surface area contributed by atoms with Gasteiger partial charge in [-0.3, -0.25) is 0 Å². The standard InChI is InChI=1S/C54H36N2/c1-2-13-43(14-3-1)55(44-32-28-37(29-33-44)42-27-24-40-23-26-41-25-22-38-12-4-5-16-47(38)54(41)50(40)36-42)45-34-30-39(31-35-45)46-15-6-9-19-51(46)56-52-20-10-7-17-48(52)49-18-8-11-21-53(49)56/h1-36H. The summed E-state index contributed by atoms with van der Waals surface area (Å²) in [6.07, 6.45) is 0. The van der Waals surface area contributed by atoms with Crippen LogP contribution in [-0.4, -0.2) is 4.57 Å². The first-order valence-electron chi connectivity index (χ1n) is 19.3. The minimum absolute atomic E-state index is 1.10. The molecule has 0 spiro atoms. The Morgan fingerprint density at radius 3 is 1.48 bits per heavy atom. The van der Waals surface area contributed by atoms with E-state index >= 15 is 0 Å². The number of nitrogens with zero attached hydrogens (tertiary/aromatic N) is 2. The van der Waals surface area contributed by atoms with E-state index < -0.39 is 0 Å². The zero-order chi connectivity index (χ0) is 37.0. The van der Waals surface area contributed by atoms with Gasteiger partial charge in [-0.25, -0.2) is 0 Å². The van der Waals surface area contributed by atoms with Crippen LogP contribution in [0.25, 0.3) is 82.1 Å². The molecule has 0 amide bonds. The van der Waals surface area contributed by atoms with E-state index in [1.165, 1.54) is 82.1 Å². The van der Waals surface area contributed by atoms with Crippen molar-refractivity contribution >= 4 is 71.2 Å². The van der Waals surface area contributed by atoms with Gasteiger partial charge in [0.15, 0.2) is 0 Å². The Morgan fingerprint density at radius 2 is 0.786 bits per heavy atom. The maximum atomic E-state index is 2.41. The van der Waals surface area contributed by atoms with Crippen molar-refractivity contribution in [2.45, 2.75) is 0 Å². The van der Waals surface area contributed by atoms with Gasteiger partial charge in [-0.1, -0.05) is 158 Å². The van der Waals surface area contributed by atoms with Gasteiger partial charge in [-0.05, 0) is 110 Å². The molecule has 0 unspecified atom stereocenters. The normalized spacial score (nSPS) is 11.6. The van der Waals surface area contributed by atoms with E-state index in [2.05, 4.69) is 228 Å². The fourth-order valence-electron chi connectivity index (χ4n) is 8.72. The molecule has 0 radical (unpaired) electrons. The molecule has 56 heavy (non-hydrogen) atoms. The van der Waals surface area contributed by atoms with Gasteiger partial charge < -0.3 is 9.47 Å². The molecule has 0 aliphatic carbocycles. The molecule has 2 heteroatoms. The molecule has 0 aliphatic rings. The Bertz CT molecular complexity index is 3170. The Labute approximate surface area is 325 Å². The van der Waals surface area contributed by atoms with Gasteiger partial charge >= 0.3 is 0 Å². The average molecular weight is 713 g/mol. The fourth-order valence-corrected chi connectivity index (χ4v) is 8.72. The van der Waals surface area contributed by atoms with Crippen molar-refractivity contribution in [3.8, 4) is 27.9 Å². The molecule has 0 fully saturated rings. The van der Waals surface area contributed by atoms with E-state index in [0.29, 0.717) is 0 Å². The van der Waals surface area contributed by atoms with Gasteiger partial charge in [0.1, 0.15) is 0 Å². The number of benzene rings is 10. The van der Waals surface area contributed by atoms with Crippen molar-refractivity contribution in [1.82, 2.24) is 4.57 Å². The molecular formula is C54H36N2. The third-order valence-corrected chi connectivity index (χ3v) is 11.4. The lowest BCUT2D eigenvalue weighted by Gasteiger charge is -2.26. The van der Waals surface area contributed by atoms with E-state index in [4.69, 9.17) is 0 Å². The highest BCUT2D eigenvalue weighted by Gasteiger charge is 2.17. The molecule has 0 saturated carbocycles. The van der Waals surface area contributed by atoms with Gasteiger partial charge in [-0.15, -0.1) is 0 Å². The van der Waals surface area contributed by atoms with E-state index in [1.807, 2.05) is 0 Å². The highest BCUT2D eigenvalue weighted by Crippen LogP contribution is 2.40. The summed E-state index contributed by atoms with van der Waals surface area (Å²) in [5.41, 5.74) is 11.7. The first-order valence-corrected chi connectivity index (χ1v) is 19.3. The van der Waals surface area contributed by atoms with Crippen LogP contribution in [0.15, 0.2) is 218 Å². The van der Waals surface area contributed by atoms with Crippen LogP contribution in [0.2, 0.25) is 0 Å². The summed E-state index contributed by atoms with van der Waals surface area (Å²) in [4.78, 5) is 2.34. The van der Waals surface area contributed by atoms with E-state index in [9.17, 15) is 0 Å². The molecule has 0 aliphatic heterocycles. The van der Waals surface area contributed by atoms with Crippen molar-refractivity contribution in [1.29, 1.82) is 0 Å². The fraction of sp³-hybridized carbons (Fsp3) is 0. The maximum Gasteiger partial charge on any atom is 0.0541 e. The van der Waals surface area contributed by atoms with E-state index in [1.54, 1.807) is 0 Å². The molecule has 262 valence electrons. The van der Waals surface area contributed by atoms with Gasteiger partial charge in [0.25, 0.3) is 0 Å². The van der Waals surface area contributed by atoms with Crippen LogP contribution < -0.4 is 4.90 Å². The van der Waals surface area contributed by atoms with Crippen molar-refractivity contribution < 1.29 is 0 Å². The van der Waals surface area contributed by atoms with Crippen LogP contribution in [0.5, 0.6) is 0 Å². The van der Waals surface area contributed by atoms with Crippen LogP contribution in [0, 0.1) is 0 Å². The lowest BCUT2D eigenvalue weighted by Crippen LogP contribution is -2.09. The molecule has 1 heterocycles. The van der Waals surface area contributed by atoms with Crippen LogP contribution >= 0.6 is 0 Å². The van der Waals surface area contributed by atoms with Crippen molar-refractivity contribution in [3.05, 3.63) is 218 Å². The summed E-state index contributed by atoms with van der Waals surface area (Å²) in [7, 11) is 0. The summed E-state index contributed by atoms with van der Waals surface area (Å²) in [6.45, 7) is 0. The minimum Gasteiger partial charge on any atom is -0.311 e. The number of aromatic nitrogens is 1. The first-order chi connectivity index (χ1) is 27.8. The predicted molar refractivity (Wildman–Crippen MR) is 239 cm³/mol. The summed E-state index contributed by atoms with van der Waals surface area (Å²) < 4.78 is 2.41. The molecule has 0 N–H and O–H groups in total. The minimum atomic E-state index is 1.10. The third-order valence-electron chi connectivity index (χ3n) is 11.4. The second-order valence-corrected chi connectivity index (χ2v) is 14.5. The highest BCUT2D eigenvalue weighted by molar-refractivity contribution is 6.20. The molecule has 11 rings (SSSR count). The quantitative estimate of drug-likeness (QED) is 0.156. The lowest BCUT2D eigenvalue weighted by molar-refractivity contribution is 1.18. The average Bonchev–Trinajstić information content (AvgIpc) is 3.61. The molecule has 0 bridgehead atoms. The molecule has 1 aromatic heterocycles. The number of hydrogen-bond acceptors (Lipinski definition) is 1. The maximum absolute atomic E-state index is 2.41. The van der Waals surface area contributed by atoms with Crippen molar-refractivity contribution in [2.24, 2.45) is 0 Å². The predicted octanol–water partition coefficient (Wildman–Crippen LogP) is 15.0. The number of hydrogen-bond donors (Lipinski definition) is 0. The number of anilines is 3. The van der Waals surface area contributed by atoms with Gasteiger partial charge in [0.2, 0.25) is 0 Å². The second kappa shape index (κ2) is 13.2. The van der Waals surface area contributed by atoms with Crippen LogP contribution in [0.3, 0.4) is 0 Å². The van der Waals surface area contributed by atoms with Crippen molar-refractivity contribution in [2.75, 3.05) is 4.90 Å². The van der Waals surface area contributed by atoms with Crippen LogP contribution in [0.4, 0.5) is 17.1 Å². The summed E-state index contributed by atoms with van der Waals surface area (Å²) >= 11 is 0. The van der Waals surface area contributed by atoms with E-state index in [-0.39, 0.29) is 0 Å². The molecule has 0 saturated heterocycles. The number of para-hydroxylation sites is 4. The monoisotopic (exact) mass is 712 g/mol. The Hall–Kier alpha value is -7.42. The molecule has 2 nitrogen and oxygen atoms in total. The Balaban J connectivity index is 0.976. The van der Waals surface area contributed by atoms with E-state index in [0.717, 1.165) is 17.1 Å². The molecule has 10 aromatic carbocycles. The second-order valence-electron chi connectivity index (χ2n) is 14.5. The van der Waals surface area contributed by atoms with Gasteiger partial charge in [0, 0.05) is 33.4 Å². The van der Waals surface area contributed by atoms with Gasteiger partial charge in [-0.2, -0.15) is 0 Å². The van der Waals surface area contributed by atoms with Crippen molar-refractivity contribution in [3.63, 3.8) is 0 Å². The van der Waals surface area contributed by atoms with Crippen LogP contribution in [-0.2, 0) is 0 Å². The van der Waals surface area contributed by atoms with Gasteiger partial charge in [0.05, 0.1) is 16.7 Å². The highest BCUT2D eigenvalue weighted by atomic mass is 15.1. The largest absolute Gasteiger partial charge is 0.311 e. The van der Waals surface area contributed by atoms with Crippen LogP contribution in [0.1, 0.15) is 0 Å². The summed E-state index contributed by atoms with van der Waals surface area (Å²) in [5.74, 6) is 0. The summed E-state index contributed by atoms with van der Waals surface area (Å²) in [5, 5.41) is 10.2. The Kier molecular flexibility index (Phi) is 7.53. The number of rotatable bonds is 6. The Morgan fingerprint density at radius 1 is 0.304 bits per heavy atom.